The molecule has 1 aromatic heterocycles. The van der Waals surface area contributed by atoms with E-state index < -0.39 is 0 Å². The van der Waals surface area contributed by atoms with Crippen molar-refractivity contribution < 1.29 is 9.53 Å². The maximum Gasteiger partial charge on any atom is 0.274 e. The Morgan fingerprint density at radius 3 is 2.61 bits per heavy atom. The first-order valence-corrected chi connectivity index (χ1v) is 8.08. The molecule has 0 atom stereocenters. The molecule has 0 spiro atoms. The van der Waals surface area contributed by atoms with Gasteiger partial charge in [-0.25, -0.2) is 0 Å². The average molecular weight is 313 g/mol. The number of nitrogens with zero attached hydrogens (tertiary/aromatic N) is 2. The summed E-state index contributed by atoms with van der Waals surface area (Å²) in [5, 5.41) is 6.87. The summed E-state index contributed by atoms with van der Waals surface area (Å²) in [5.74, 6) is 0.956. The molecule has 0 saturated carbocycles. The zero-order valence-corrected chi connectivity index (χ0v) is 13.9. The Kier molecular flexibility index (Phi) is 4.37. The number of amides is 1. The molecule has 5 nitrogen and oxygen atoms in total. The largest absolute Gasteiger partial charge is 0.490 e. The van der Waals surface area contributed by atoms with Gasteiger partial charge in [-0.1, -0.05) is 12.1 Å². The van der Waals surface area contributed by atoms with Gasteiger partial charge in [-0.15, -0.1) is 0 Å². The summed E-state index contributed by atoms with van der Waals surface area (Å²) >= 11 is 0. The summed E-state index contributed by atoms with van der Waals surface area (Å²) in [6.07, 6.45) is 1.87. The number of hydrogen-bond acceptors (Lipinski definition) is 3. The van der Waals surface area contributed by atoms with E-state index in [1.165, 1.54) is 5.56 Å². The Labute approximate surface area is 136 Å². The number of hydrogen-bond donors (Lipinski definition) is 1. The number of H-pyrrole nitrogens is 1. The number of benzene rings is 1. The number of carbonyl (C=O) groups is 1. The Morgan fingerprint density at radius 1 is 1.22 bits per heavy atom. The van der Waals surface area contributed by atoms with E-state index in [1.54, 1.807) is 6.07 Å². The summed E-state index contributed by atoms with van der Waals surface area (Å²) in [6.45, 7) is 7.45. The van der Waals surface area contributed by atoms with Crippen LogP contribution in [0.1, 0.15) is 40.2 Å². The highest BCUT2D eigenvalue weighted by Crippen LogP contribution is 2.24. The Hall–Kier alpha value is -2.30. The van der Waals surface area contributed by atoms with E-state index in [-0.39, 0.29) is 12.0 Å². The molecule has 0 aliphatic carbocycles. The topological polar surface area (TPSA) is 58.2 Å². The average Bonchev–Trinajstić information content (AvgIpc) is 2.97. The maximum atomic E-state index is 12.4. The summed E-state index contributed by atoms with van der Waals surface area (Å²) < 4.78 is 6.15. The van der Waals surface area contributed by atoms with Crippen LogP contribution in [0.25, 0.3) is 0 Å². The molecule has 1 N–H and O–H groups in total. The fourth-order valence-electron chi connectivity index (χ4n) is 2.88. The smallest absolute Gasteiger partial charge is 0.274 e. The van der Waals surface area contributed by atoms with Crippen molar-refractivity contribution in [3.05, 3.63) is 46.8 Å². The summed E-state index contributed by atoms with van der Waals surface area (Å²) in [7, 11) is 0. The molecule has 23 heavy (non-hydrogen) atoms. The molecular weight excluding hydrogens is 290 g/mol. The lowest BCUT2D eigenvalue weighted by molar-refractivity contribution is 0.0589. The van der Waals surface area contributed by atoms with Gasteiger partial charge in [-0.05, 0) is 44.0 Å². The molecule has 1 aromatic carbocycles. The first-order chi connectivity index (χ1) is 11.0. The zero-order valence-electron chi connectivity index (χ0n) is 13.9. The molecule has 2 heterocycles. The fourth-order valence-corrected chi connectivity index (χ4v) is 2.88. The van der Waals surface area contributed by atoms with Gasteiger partial charge in [0.25, 0.3) is 5.91 Å². The molecule has 3 rings (SSSR count). The third kappa shape index (κ3) is 3.55. The van der Waals surface area contributed by atoms with Crippen molar-refractivity contribution in [1.29, 1.82) is 0 Å². The second kappa shape index (κ2) is 6.44. The highest BCUT2D eigenvalue weighted by atomic mass is 16.5. The van der Waals surface area contributed by atoms with Crippen molar-refractivity contribution >= 4 is 5.91 Å². The van der Waals surface area contributed by atoms with Gasteiger partial charge in [0.1, 0.15) is 17.5 Å². The van der Waals surface area contributed by atoms with E-state index in [2.05, 4.69) is 42.2 Å². The lowest BCUT2D eigenvalue weighted by Crippen LogP contribution is -2.42. The highest BCUT2D eigenvalue weighted by Gasteiger charge is 2.26. The van der Waals surface area contributed by atoms with Gasteiger partial charge in [-0.3, -0.25) is 9.89 Å². The van der Waals surface area contributed by atoms with E-state index in [9.17, 15) is 4.79 Å². The van der Waals surface area contributed by atoms with Crippen LogP contribution in [-0.2, 0) is 0 Å². The second-order valence-electron chi connectivity index (χ2n) is 6.31. The Morgan fingerprint density at radius 2 is 1.96 bits per heavy atom. The molecule has 1 saturated heterocycles. The van der Waals surface area contributed by atoms with Crippen molar-refractivity contribution in [1.82, 2.24) is 15.1 Å². The number of carbonyl (C=O) groups excluding carboxylic acids is 1. The van der Waals surface area contributed by atoms with Crippen LogP contribution in [0.3, 0.4) is 0 Å². The van der Waals surface area contributed by atoms with E-state index in [4.69, 9.17) is 4.74 Å². The molecule has 0 bridgehead atoms. The van der Waals surface area contributed by atoms with Crippen LogP contribution < -0.4 is 4.74 Å². The molecule has 1 amide bonds. The van der Waals surface area contributed by atoms with Crippen LogP contribution in [0, 0.1) is 20.8 Å². The molecule has 5 heteroatoms. The highest BCUT2D eigenvalue weighted by molar-refractivity contribution is 5.92. The molecule has 122 valence electrons. The third-order valence-electron chi connectivity index (χ3n) is 4.29. The first-order valence-electron chi connectivity index (χ1n) is 8.08. The van der Waals surface area contributed by atoms with Crippen LogP contribution in [0.4, 0.5) is 0 Å². The minimum Gasteiger partial charge on any atom is -0.490 e. The van der Waals surface area contributed by atoms with E-state index in [0.717, 1.165) is 29.8 Å². The van der Waals surface area contributed by atoms with Crippen LogP contribution >= 0.6 is 0 Å². The van der Waals surface area contributed by atoms with Crippen molar-refractivity contribution in [2.24, 2.45) is 0 Å². The number of rotatable bonds is 3. The minimum absolute atomic E-state index is 0.000430. The molecule has 0 unspecified atom stereocenters. The van der Waals surface area contributed by atoms with E-state index in [1.807, 2.05) is 11.8 Å². The van der Waals surface area contributed by atoms with E-state index in [0.29, 0.717) is 18.8 Å². The van der Waals surface area contributed by atoms with Crippen molar-refractivity contribution in [2.75, 3.05) is 13.1 Å². The predicted molar refractivity (Wildman–Crippen MR) is 88.8 cm³/mol. The summed E-state index contributed by atoms with van der Waals surface area (Å²) in [5.41, 5.74) is 3.76. The van der Waals surface area contributed by atoms with Gasteiger partial charge in [0.15, 0.2) is 0 Å². The first kappa shape index (κ1) is 15.6. The zero-order chi connectivity index (χ0) is 16.4. The molecule has 0 radical (unpaired) electrons. The number of likely N-dealkylation sites (tertiary alicyclic amines) is 1. The van der Waals surface area contributed by atoms with E-state index >= 15 is 0 Å². The number of aromatic amines is 1. The monoisotopic (exact) mass is 313 g/mol. The Balaban J connectivity index is 1.58. The molecule has 1 aliphatic heterocycles. The summed E-state index contributed by atoms with van der Waals surface area (Å²) in [6, 6.07) is 8.05. The summed E-state index contributed by atoms with van der Waals surface area (Å²) in [4.78, 5) is 14.2. The number of ether oxygens (including phenoxy) is 1. The van der Waals surface area contributed by atoms with Gasteiger partial charge < -0.3 is 9.64 Å². The van der Waals surface area contributed by atoms with Crippen molar-refractivity contribution in [3.63, 3.8) is 0 Å². The molecule has 2 aromatic rings. The van der Waals surface area contributed by atoms with Gasteiger partial charge in [0.2, 0.25) is 0 Å². The maximum absolute atomic E-state index is 12.4. The van der Waals surface area contributed by atoms with Crippen LogP contribution in [-0.4, -0.2) is 40.2 Å². The molecule has 1 fully saturated rings. The standard InChI is InChI=1S/C18H23N3O2/c1-12-4-5-13(2)17(10-12)23-15-6-8-21(9-7-15)18(22)16-11-14(3)19-20-16/h4-5,10-11,15H,6-9H2,1-3H3,(H,19,20). The number of aromatic nitrogens is 2. The van der Waals surface area contributed by atoms with Crippen LogP contribution in [0.2, 0.25) is 0 Å². The second-order valence-corrected chi connectivity index (χ2v) is 6.31. The third-order valence-corrected chi connectivity index (χ3v) is 4.29. The quantitative estimate of drug-likeness (QED) is 0.947. The van der Waals surface area contributed by atoms with Crippen molar-refractivity contribution in [3.8, 4) is 5.75 Å². The molecule has 1 aliphatic rings. The predicted octanol–water partition coefficient (Wildman–Crippen LogP) is 3.02. The van der Waals surface area contributed by atoms with Crippen LogP contribution in [0.15, 0.2) is 24.3 Å². The van der Waals surface area contributed by atoms with Gasteiger partial charge in [0, 0.05) is 31.6 Å². The number of aryl methyl sites for hydroxylation is 3. The number of nitrogens with one attached hydrogen (secondary N) is 1. The lowest BCUT2D eigenvalue weighted by atomic mass is 10.1. The van der Waals surface area contributed by atoms with Gasteiger partial charge >= 0.3 is 0 Å². The van der Waals surface area contributed by atoms with Gasteiger partial charge in [0.05, 0.1) is 0 Å². The van der Waals surface area contributed by atoms with Crippen molar-refractivity contribution in [2.45, 2.75) is 39.7 Å². The van der Waals surface area contributed by atoms with Gasteiger partial charge in [-0.2, -0.15) is 5.10 Å². The Bertz CT molecular complexity index is 700. The lowest BCUT2D eigenvalue weighted by Gasteiger charge is -2.32. The normalized spacial score (nSPS) is 15.7. The SMILES string of the molecule is Cc1ccc(C)c(OC2CCN(C(=O)c3cc(C)[nH]n3)CC2)c1. The molecular formula is C18H23N3O2. The minimum atomic E-state index is -0.000430. The fraction of sp³-hybridized carbons (Fsp3) is 0.444. The number of piperidine rings is 1. The van der Waals surface area contributed by atoms with Crippen LogP contribution in [0.5, 0.6) is 5.75 Å².